The Labute approximate surface area is 212 Å². The maximum Gasteiger partial charge on any atom is 0.273 e. The predicted molar refractivity (Wildman–Crippen MR) is 139 cm³/mol. The van der Waals surface area contributed by atoms with Crippen LogP contribution >= 0.6 is 0 Å². The third-order valence-corrected chi connectivity index (χ3v) is 6.26. The molecule has 1 atom stereocenters. The minimum absolute atomic E-state index is 0.0221. The van der Waals surface area contributed by atoms with Crippen LogP contribution in [0.25, 0.3) is 10.8 Å². The monoisotopic (exact) mass is 497 g/mol. The summed E-state index contributed by atoms with van der Waals surface area (Å²) in [6, 6.07) is 24.9. The van der Waals surface area contributed by atoms with Gasteiger partial charge in [0.2, 0.25) is 11.8 Å². The van der Waals surface area contributed by atoms with Gasteiger partial charge in [-0.05, 0) is 41.8 Å². The Hall–Kier alpha value is -4.92. The second kappa shape index (κ2) is 9.98. The molecule has 1 fully saturated rings. The van der Waals surface area contributed by atoms with Crippen molar-refractivity contribution in [3.8, 4) is 17.2 Å². The van der Waals surface area contributed by atoms with Crippen molar-refractivity contribution in [2.24, 2.45) is 5.92 Å². The largest absolute Gasteiger partial charge is 0.494 e. The lowest BCUT2D eigenvalue weighted by Crippen LogP contribution is -2.28. The van der Waals surface area contributed by atoms with E-state index in [-0.39, 0.29) is 36.2 Å². The average Bonchev–Trinajstić information content (AvgIpc) is 3.31. The SMILES string of the molecule is COc1cc([N+](=O)[O-])ccc1N1C[C@H](C(=O)Nc2ccc(Oc3cccc4ccccc34)cc2)CC1=O. The highest BCUT2D eigenvalue weighted by Crippen LogP contribution is 2.36. The molecule has 1 aliphatic heterocycles. The number of hydrogen-bond donors (Lipinski definition) is 1. The van der Waals surface area contributed by atoms with E-state index in [9.17, 15) is 19.7 Å². The van der Waals surface area contributed by atoms with Gasteiger partial charge in [0.1, 0.15) is 17.2 Å². The molecule has 1 saturated heterocycles. The van der Waals surface area contributed by atoms with Crippen LogP contribution in [0.3, 0.4) is 0 Å². The molecule has 1 aliphatic rings. The summed E-state index contributed by atoms with van der Waals surface area (Å²) in [6.07, 6.45) is 0.0221. The number of carbonyl (C=O) groups is 2. The lowest BCUT2D eigenvalue weighted by Gasteiger charge is -2.19. The van der Waals surface area contributed by atoms with Gasteiger partial charge in [0, 0.05) is 30.1 Å². The molecule has 0 unspecified atom stereocenters. The lowest BCUT2D eigenvalue weighted by molar-refractivity contribution is -0.384. The van der Waals surface area contributed by atoms with Crippen molar-refractivity contribution in [3.63, 3.8) is 0 Å². The zero-order valence-corrected chi connectivity index (χ0v) is 19.9. The average molecular weight is 498 g/mol. The lowest BCUT2D eigenvalue weighted by atomic mass is 10.1. The van der Waals surface area contributed by atoms with Crippen molar-refractivity contribution in [3.05, 3.63) is 95.0 Å². The molecule has 0 saturated carbocycles. The van der Waals surface area contributed by atoms with E-state index in [1.807, 2.05) is 42.5 Å². The Morgan fingerprint density at radius 2 is 1.76 bits per heavy atom. The number of nitrogens with zero attached hydrogens (tertiary/aromatic N) is 2. The Morgan fingerprint density at radius 3 is 2.51 bits per heavy atom. The van der Waals surface area contributed by atoms with E-state index in [1.165, 1.54) is 30.2 Å². The zero-order valence-electron chi connectivity index (χ0n) is 19.9. The fourth-order valence-corrected chi connectivity index (χ4v) is 4.38. The summed E-state index contributed by atoms with van der Waals surface area (Å²) in [7, 11) is 1.38. The molecule has 4 aromatic carbocycles. The van der Waals surface area contributed by atoms with E-state index < -0.39 is 10.8 Å². The maximum atomic E-state index is 12.9. The molecular weight excluding hydrogens is 474 g/mol. The van der Waals surface area contributed by atoms with Crippen LogP contribution in [0.4, 0.5) is 17.1 Å². The number of nitro benzene ring substituents is 1. The molecule has 186 valence electrons. The van der Waals surface area contributed by atoms with Crippen LogP contribution in [0.2, 0.25) is 0 Å². The molecule has 9 heteroatoms. The van der Waals surface area contributed by atoms with Gasteiger partial charge in [-0.1, -0.05) is 36.4 Å². The summed E-state index contributed by atoms with van der Waals surface area (Å²) in [5, 5.41) is 16.0. The molecular formula is C28H23N3O6. The number of nitrogens with one attached hydrogen (secondary N) is 1. The number of amides is 2. The van der Waals surface area contributed by atoms with Crippen LogP contribution in [0, 0.1) is 16.0 Å². The van der Waals surface area contributed by atoms with Crippen molar-refractivity contribution in [2.45, 2.75) is 6.42 Å². The van der Waals surface area contributed by atoms with E-state index in [4.69, 9.17) is 9.47 Å². The summed E-state index contributed by atoms with van der Waals surface area (Å²) < 4.78 is 11.3. The van der Waals surface area contributed by atoms with Crippen LogP contribution in [-0.2, 0) is 9.59 Å². The van der Waals surface area contributed by atoms with Crippen molar-refractivity contribution in [2.75, 3.05) is 23.9 Å². The molecule has 0 aliphatic carbocycles. The standard InChI is InChI=1S/C28H23N3O6/c1-36-26-16-21(31(34)35)11-14-24(26)30-17-19(15-27(30)32)28(33)29-20-9-12-22(13-10-20)37-25-8-4-6-18-5-2-3-7-23(18)25/h2-14,16,19H,15,17H2,1H3,(H,29,33)/t19-/m1/s1. The van der Waals surface area contributed by atoms with Crippen LogP contribution in [0.15, 0.2) is 84.9 Å². The zero-order chi connectivity index (χ0) is 25.9. The van der Waals surface area contributed by atoms with Crippen LogP contribution < -0.4 is 19.7 Å². The number of nitro groups is 1. The number of ether oxygens (including phenoxy) is 2. The summed E-state index contributed by atoms with van der Waals surface area (Å²) in [5.74, 6) is 0.429. The molecule has 0 radical (unpaired) electrons. The Kier molecular flexibility index (Phi) is 6.42. The van der Waals surface area contributed by atoms with Gasteiger partial charge in [0.15, 0.2) is 0 Å². The third kappa shape index (κ3) is 4.92. The first kappa shape index (κ1) is 23.8. The number of fused-ring (bicyclic) bond motifs is 1. The highest BCUT2D eigenvalue weighted by molar-refractivity contribution is 6.04. The molecule has 1 heterocycles. The number of anilines is 2. The van der Waals surface area contributed by atoms with E-state index in [1.54, 1.807) is 24.3 Å². The van der Waals surface area contributed by atoms with Crippen molar-refractivity contribution in [1.82, 2.24) is 0 Å². The summed E-state index contributed by atoms with van der Waals surface area (Å²) in [4.78, 5) is 37.5. The quantitative estimate of drug-likeness (QED) is 0.265. The number of benzene rings is 4. The third-order valence-electron chi connectivity index (χ3n) is 6.26. The van der Waals surface area contributed by atoms with Gasteiger partial charge in [-0.2, -0.15) is 0 Å². The van der Waals surface area contributed by atoms with Gasteiger partial charge in [0.25, 0.3) is 5.69 Å². The Morgan fingerprint density at radius 1 is 1.00 bits per heavy atom. The highest BCUT2D eigenvalue weighted by Gasteiger charge is 2.36. The maximum absolute atomic E-state index is 12.9. The van der Waals surface area contributed by atoms with Crippen LogP contribution in [0.5, 0.6) is 17.2 Å². The molecule has 0 bridgehead atoms. The summed E-state index contributed by atoms with van der Waals surface area (Å²) >= 11 is 0. The van der Waals surface area contributed by atoms with Gasteiger partial charge < -0.3 is 19.7 Å². The fourth-order valence-electron chi connectivity index (χ4n) is 4.38. The van der Waals surface area contributed by atoms with Crippen LogP contribution in [0.1, 0.15) is 6.42 Å². The molecule has 9 nitrogen and oxygen atoms in total. The molecule has 2 amide bonds. The Balaban J connectivity index is 1.25. The first-order chi connectivity index (χ1) is 17.9. The second-order valence-corrected chi connectivity index (χ2v) is 8.61. The van der Waals surface area contributed by atoms with E-state index >= 15 is 0 Å². The van der Waals surface area contributed by atoms with Gasteiger partial charge in [0.05, 0.1) is 29.7 Å². The van der Waals surface area contributed by atoms with E-state index in [0.717, 1.165) is 16.5 Å². The first-order valence-electron chi connectivity index (χ1n) is 11.6. The molecule has 1 N–H and O–H groups in total. The number of carbonyl (C=O) groups excluding carboxylic acids is 2. The van der Waals surface area contributed by atoms with Gasteiger partial charge in [-0.3, -0.25) is 19.7 Å². The number of non-ortho nitro benzene ring substituents is 1. The van der Waals surface area contributed by atoms with Crippen LogP contribution in [-0.4, -0.2) is 30.4 Å². The molecule has 0 aromatic heterocycles. The fraction of sp³-hybridized carbons (Fsp3) is 0.143. The topological polar surface area (TPSA) is 111 Å². The molecule has 0 spiro atoms. The molecule has 5 rings (SSSR count). The minimum Gasteiger partial charge on any atom is -0.494 e. The summed E-state index contributed by atoms with van der Waals surface area (Å²) in [5.41, 5.74) is 0.826. The highest BCUT2D eigenvalue weighted by atomic mass is 16.6. The summed E-state index contributed by atoms with van der Waals surface area (Å²) in [6.45, 7) is 0.140. The Bertz CT molecular complexity index is 1500. The van der Waals surface area contributed by atoms with Crippen molar-refractivity contribution >= 4 is 39.6 Å². The van der Waals surface area contributed by atoms with Gasteiger partial charge >= 0.3 is 0 Å². The smallest absolute Gasteiger partial charge is 0.273 e. The van der Waals surface area contributed by atoms with E-state index in [2.05, 4.69) is 5.32 Å². The van der Waals surface area contributed by atoms with Crippen molar-refractivity contribution in [1.29, 1.82) is 0 Å². The minimum atomic E-state index is -0.584. The van der Waals surface area contributed by atoms with Crippen molar-refractivity contribution < 1.29 is 24.0 Å². The van der Waals surface area contributed by atoms with Gasteiger partial charge in [-0.25, -0.2) is 0 Å². The number of rotatable bonds is 7. The normalized spacial score (nSPS) is 15.0. The second-order valence-electron chi connectivity index (χ2n) is 8.61. The molecule has 37 heavy (non-hydrogen) atoms. The van der Waals surface area contributed by atoms with Gasteiger partial charge in [-0.15, -0.1) is 0 Å². The van der Waals surface area contributed by atoms with E-state index in [0.29, 0.717) is 17.1 Å². The first-order valence-corrected chi connectivity index (χ1v) is 11.6. The molecule has 4 aromatic rings. The predicted octanol–water partition coefficient (Wildman–Crippen LogP) is 5.54. The number of methoxy groups -OCH3 is 1. The number of hydrogen-bond acceptors (Lipinski definition) is 6.